The molecule has 0 aliphatic carbocycles. The van der Waals surface area contributed by atoms with Crippen molar-refractivity contribution in [2.24, 2.45) is 4.99 Å². The summed E-state index contributed by atoms with van der Waals surface area (Å²) in [7, 11) is 1.75. The second-order valence-electron chi connectivity index (χ2n) is 3.29. The van der Waals surface area contributed by atoms with E-state index in [1.54, 1.807) is 7.05 Å². The molecule has 0 bridgehead atoms. The average Bonchev–Trinajstić information content (AvgIpc) is 2.75. The Kier molecular flexibility index (Phi) is 9.24. The topological polar surface area (TPSA) is 41.4 Å². The van der Waals surface area contributed by atoms with Gasteiger partial charge in [-0.05, 0) is 12.1 Å². The quantitative estimate of drug-likeness (QED) is 0.442. The minimum absolute atomic E-state index is 0. The van der Waals surface area contributed by atoms with Crippen LogP contribution in [-0.4, -0.2) is 30.7 Å². The van der Waals surface area contributed by atoms with E-state index in [0.29, 0.717) is 6.54 Å². The number of guanidine groups is 1. The molecule has 0 aromatic carbocycles. The fourth-order valence-corrected chi connectivity index (χ4v) is 1.36. The molecule has 0 aliphatic heterocycles. The van der Waals surface area contributed by atoms with E-state index in [1.165, 1.54) is 0 Å². The minimum Gasteiger partial charge on any atom is -0.355 e. The first-order chi connectivity index (χ1) is 7.72. The van der Waals surface area contributed by atoms with Crippen LogP contribution in [0.2, 0.25) is 0 Å². The van der Waals surface area contributed by atoms with Crippen LogP contribution < -0.4 is 10.6 Å². The van der Waals surface area contributed by atoms with Gasteiger partial charge in [-0.1, -0.05) is 22.5 Å². The Labute approximate surface area is 128 Å². The van der Waals surface area contributed by atoms with Crippen molar-refractivity contribution in [3.8, 4) is 0 Å². The summed E-state index contributed by atoms with van der Waals surface area (Å²) in [6.45, 7) is 6.18. The summed E-state index contributed by atoms with van der Waals surface area (Å²) in [5, 5.41) is 6.35. The molecular formula is C11H18BrIN4. The molecule has 0 atom stereocenters. The summed E-state index contributed by atoms with van der Waals surface area (Å²) in [6, 6.07) is 4.03. The van der Waals surface area contributed by atoms with Crippen molar-refractivity contribution in [1.29, 1.82) is 0 Å². The van der Waals surface area contributed by atoms with Gasteiger partial charge in [0.15, 0.2) is 5.96 Å². The Morgan fingerprint density at radius 1 is 1.35 bits per heavy atom. The van der Waals surface area contributed by atoms with Gasteiger partial charge in [-0.3, -0.25) is 4.99 Å². The molecular weight excluding hydrogens is 395 g/mol. The molecule has 1 rings (SSSR count). The maximum absolute atomic E-state index is 4.10. The number of hydrogen-bond acceptors (Lipinski definition) is 1. The molecule has 0 unspecified atom stereocenters. The van der Waals surface area contributed by atoms with E-state index >= 15 is 0 Å². The monoisotopic (exact) mass is 412 g/mol. The fourth-order valence-electron chi connectivity index (χ4n) is 1.22. The molecule has 4 nitrogen and oxygen atoms in total. The Bertz CT molecular complexity index is 348. The van der Waals surface area contributed by atoms with Crippen molar-refractivity contribution in [2.45, 2.75) is 6.54 Å². The molecule has 17 heavy (non-hydrogen) atoms. The predicted molar refractivity (Wildman–Crippen MR) is 87.3 cm³/mol. The number of nitrogens with one attached hydrogen (secondary N) is 2. The van der Waals surface area contributed by atoms with Crippen molar-refractivity contribution in [3.05, 3.63) is 35.6 Å². The van der Waals surface area contributed by atoms with Crippen molar-refractivity contribution in [2.75, 3.05) is 20.1 Å². The Morgan fingerprint density at radius 3 is 2.53 bits per heavy atom. The van der Waals surface area contributed by atoms with E-state index in [9.17, 15) is 0 Å². The lowest BCUT2D eigenvalue weighted by Crippen LogP contribution is -2.39. The number of nitrogens with zero attached hydrogens (tertiary/aromatic N) is 2. The van der Waals surface area contributed by atoms with Crippen LogP contribution >= 0.6 is 39.9 Å². The van der Waals surface area contributed by atoms with Crippen molar-refractivity contribution >= 4 is 45.9 Å². The van der Waals surface area contributed by atoms with Gasteiger partial charge in [-0.25, -0.2) is 0 Å². The first-order valence-electron chi connectivity index (χ1n) is 5.11. The summed E-state index contributed by atoms with van der Waals surface area (Å²) in [6.07, 6.45) is 4.08. The minimum atomic E-state index is 0. The third-order valence-electron chi connectivity index (χ3n) is 2.00. The molecule has 96 valence electrons. The zero-order chi connectivity index (χ0) is 11.8. The highest BCUT2D eigenvalue weighted by atomic mass is 127. The zero-order valence-electron chi connectivity index (χ0n) is 9.82. The van der Waals surface area contributed by atoms with E-state index in [0.717, 1.165) is 23.5 Å². The van der Waals surface area contributed by atoms with Gasteiger partial charge in [0.2, 0.25) is 0 Å². The molecule has 2 N–H and O–H groups in total. The molecule has 0 amide bonds. The molecule has 1 heterocycles. The molecule has 1 aromatic rings. The highest BCUT2D eigenvalue weighted by molar-refractivity contribution is 14.0. The van der Waals surface area contributed by atoms with Gasteiger partial charge in [-0.2, -0.15) is 0 Å². The Balaban J connectivity index is 0.00000256. The summed E-state index contributed by atoms with van der Waals surface area (Å²) >= 11 is 3.29. The second kappa shape index (κ2) is 9.52. The van der Waals surface area contributed by atoms with Crippen LogP contribution in [-0.2, 0) is 6.54 Å². The largest absolute Gasteiger partial charge is 0.355 e. The van der Waals surface area contributed by atoms with Crippen LogP contribution in [0.4, 0.5) is 0 Å². The van der Waals surface area contributed by atoms with Crippen LogP contribution in [0.15, 0.2) is 40.6 Å². The highest BCUT2D eigenvalue weighted by Crippen LogP contribution is 1.96. The van der Waals surface area contributed by atoms with Gasteiger partial charge in [0.1, 0.15) is 0 Å². The molecule has 0 aliphatic rings. The van der Waals surface area contributed by atoms with E-state index in [1.807, 2.05) is 24.5 Å². The molecule has 0 saturated carbocycles. The van der Waals surface area contributed by atoms with Crippen LogP contribution in [0.1, 0.15) is 0 Å². The molecule has 1 aromatic heterocycles. The predicted octanol–water partition coefficient (Wildman–Crippen LogP) is 2.18. The number of hydrogen-bond donors (Lipinski definition) is 2. The van der Waals surface area contributed by atoms with Gasteiger partial charge < -0.3 is 15.2 Å². The first-order valence-corrected chi connectivity index (χ1v) is 5.90. The molecule has 0 fully saturated rings. The molecule has 0 saturated heterocycles. The third-order valence-corrected chi connectivity index (χ3v) is 2.28. The van der Waals surface area contributed by atoms with E-state index < -0.39 is 0 Å². The van der Waals surface area contributed by atoms with Gasteiger partial charge in [0, 0.05) is 43.6 Å². The lowest BCUT2D eigenvalue weighted by atomic mass is 10.5. The van der Waals surface area contributed by atoms with Gasteiger partial charge >= 0.3 is 0 Å². The van der Waals surface area contributed by atoms with Gasteiger partial charge in [0.05, 0.1) is 0 Å². The number of aliphatic imine (C=N–C) groups is 1. The fraction of sp³-hybridized carbons (Fsp3) is 0.364. The first kappa shape index (κ1) is 16.5. The lowest BCUT2D eigenvalue weighted by molar-refractivity contribution is 0.669. The number of aromatic nitrogens is 1. The maximum Gasteiger partial charge on any atom is 0.191 e. The van der Waals surface area contributed by atoms with Crippen molar-refractivity contribution < 1.29 is 0 Å². The number of halogens is 2. The van der Waals surface area contributed by atoms with Crippen molar-refractivity contribution in [3.63, 3.8) is 0 Å². The number of rotatable bonds is 5. The summed E-state index contributed by atoms with van der Waals surface area (Å²) in [5.74, 6) is 0.785. The Morgan fingerprint density at radius 2 is 2.00 bits per heavy atom. The third kappa shape index (κ3) is 7.43. The smallest absolute Gasteiger partial charge is 0.191 e. The van der Waals surface area contributed by atoms with E-state index in [-0.39, 0.29) is 24.0 Å². The van der Waals surface area contributed by atoms with Crippen LogP contribution in [0.25, 0.3) is 0 Å². The maximum atomic E-state index is 4.10. The zero-order valence-corrected chi connectivity index (χ0v) is 13.7. The van der Waals surface area contributed by atoms with Crippen LogP contribution in [0, 0.1) is 0 Å². The summed E-state index contributed by atoms with van der Waals surface area (Å²) < 4.78 is 3.02. The van der Waals surface area contributed by atoms with Gasteiger partial charge in [-0.15, -0.1) is 24.0 Å². The van der Waals surface area contributed by atoms with E-state index in [4.69, 9.17) is 0 Å². The van der Waals surface area contributed by atoms with Gasteiger partial charge in [0.25, 0.3) is 0 Å². The summed E-state index contributed by atoms with van der Waals surface area (Å²) in [4.78, 5) is 4.10. The molecule has 0 spiro atoms. The average molecular weight is 413 g/mol. The molecule has 6 heteroatoms. The summed E-state index contributed by atoms with van der Waals surface area (Å²) in [5.41, 5.74) is 0. The van der Waals surface area contributed by atoms with Crippen LogP contribution in [0.5, 0.6) is 0 Å². The standard InChI is InChI=1S/C11H17BrN4.HI/c1-10(12)9-15-11(13-2)14-5-8-16-6-3-4-7-16;/h3-4,6-7H,1,5,8-9H2,2H3,(H2,13,14,15);1H. The van der Waals surface area contributed by atoms with E-state index in [2.05, 4.69) is 42.7 Å². The van der Waals surface area contributed by atoms with Crippen LogP contribution in [0.3, 0.4) is 0 Å². The second-order valence-corrected chi connectivity index (χ2v) is 4.41. The van der Waals surface area contributed by atoms with Crippen molar-refractivity contribution in [1.82, 2.24) is 15.2 Å². The SMILES string of the molecule is C=C(Br)CNC(=NC)NCCn1cccc1.I. The Hall–Kier alpha value is -0.500. The lowest BCUT2D eigenvalue weighted by Gasteiger charge is -2.11. The molecule has 0 radical (unpaired) electrons. The highest BCUT2D eigenvalue weighted by Gasteiger charge is 1.96. The normalized spacial score (nSPS) is 10.6.